The molecule has 0 spiro atoms. The molecule has 1 aliphatic carbocycles. The highest BCUT2D eigenvalue weighted by Gasteiger charge is 2.28. The van der Waals surface area contributed by atoms with Gasteiger partial charge in [0.1, 0.15) is 5.82 Å². The van der Waals surface area contributed by atoms with Gasteiger partial charge in [-0.1, -0.05) is 12.1 Å². The maximum absolute atomic E-state index is 12.8. The van der Waals surface area contributed by atoms with E-state index in [9.17, 15) is 17.6 Å². The molecule has 0 heterocycles. The molecule has 0 unspecified atom stereocenters. The van der Waals surface area contributed by atoms with E-state index in [1.165, 1.54) is 31.4 Å². The highest BCUT2D eigenvalue weighted by Crippen LogP contribution is 2.25. The maximum atomic E-state index is 12.8. The lowest BCUT2D eigenvalue weighted by atomic mass is 9.86. The van der Waals surface area contributed by atoms with Crippen LogP contribution in [0.1, 0.15) is 31.2 Å². The monoisotopic (exact) mass is 344 g/mol. The number of methoxy groups -OCH3 is 1. The fourth-order valence-corrected chi connectivity index (χ4v) is 3.77. The number of hydrogen-bond acceptors (Lipinski definition) is 4. The largest absolute Gasteiger partial charge is 0.469 e. The topological polar surface area (TPSA) is 84.5 Å². The summed E-state index contributed by atoms with van der Waals surface area (Å²) in [6, 6.07) is 5.43. The van der Waals surface area contributed by atoms with Gasteiger partial charge in [-0.05, 0) is 43.4 Å². The SMILES string of the molecule is COC(=O)C1CCC(NS(=O)(=O)NCc2ccc(F)cc2)CC1. The average molecular weight is 344 g/mol. The molecule has 0 amide bonds. The number of hydrogen-bond donors (Lipinski definition) is 2. The normalized spacial score (nSPS) is 21.8. The van der Waals surface area contributed by atoms with E-state index in [2.05, 4.69) is 9.44 Å². The van der Waals surface area contributed by atoms with Gasteiger partial charge in [-0.15, -0.1) is 0 Å². The lowest BCUT2D eigenvalue weighted by Crippen LogP contribution is -2.44. The highest BCUT2D eigenvalue weighted by atomic mass is 32.2. The number of ether oxygens (including phenoxy) is 1. The van der Waals surface area contributed by atoms with Crippen molar-refractivity contribution in [2.75, 3.05) is 7.11 Å². The van der Waals surface area contributed by atoms with Crippen molar-refractivity contribution in [3.63, 3.8) is 0 Å². The molecule has 8 heteroatoms. The van der Waals surface area contributed by atoms with Crippen LogP contribution in [-0.4, -0.2) is 27.5 Å². The van der Waals surface area contributed by atoms with E-state index in [-0.39, 0.29) is 30.3 Å². The minimum Gasteiger partial charge on any atom is -0.469 e. The summed E-state index contributed by atoms with van der Waals surface area (Å²) in [5.74, 6) is -0.745. The van der Waals surface area contributed by atoms with Crippen LogP contribution in [0.5, 0.6) is 0 Å². The Kier molecular flexibility index (Phi) is 6.09. The molecule has 1 saturated carbocycles. The molecule has 128 valence electrons. The van der Waals surface area contributed by atoms with Crippen molar-refractivity contribution in [1.29, 1.82) is 0 Å². The van der Waals surface area contributed by atoms with E-state index in [1.807, 2.05) is 0 Å². The summed E-state index contributed by atoms with van der Waals surface area (Å²) < 4.78 is 46.6. The summed E-state index contributed by atoms with van der Waals surface area (Å²) in [5, 5.41) is 0. The van der Waals surface area contributed by atoms with Crippen LogP contribution >= 0.6 is 0 Å². The number of carbonyl (C=O) groups is 1. The molecule has 2 rings (SSSR count). The van der Waals surface area contributed by atoms with Crippen LogP contribution in [0.25, 0.3) is 0 Å². The minimum absolute atomic E-state index is 0.0904. The van der Waals surface area contributed by atoms with E-state index in [1.54, 1.807) is 0 Å². The van der Waals surface area contributed by atoms with Gasteiger partial charge in [0.25, 0.3) is 10.2 Å². The molecule has 0 bridgehead atoms. The zero-order chi connectivity index (χ0) is 16.9. The summed E-state index contributed by atoms with van der Waals surface area (Å²) in [5.41, 5.74) is 0.672. The zero-order valence-corrected chi connectivity index (χ0v) is 13.7. The van der Waals surface area contributed by atoms with E-state index < -0.39 is 10.2 Å². The van der Waals surface area contributed by atoms with E-state index in [0.717, 1.165) is 0 Å². The van der Waals surface area contributed by atoms with Gasteiger partial charge >= 0.3 is 5.97 Å². The molecule has 6 nitrogen and oxygen atoms in total. The number of benzene rings is 1. The maximum Gasteiger partial charge on any atom is 0.308 e. The fourth-order valence-electron chi connectivity index (χ4n) is 2.66. The first-order valence-electron chi connectivity index (χ1n) is 7.49. The van der Waals surface area contributed by atoms with Gasteiger partial charge < -0.3 is 4.74 Å². The van der Waals surface area contributed by atoms with Gasteiger partial charge in [-0.2, -0.15) is 17.9 Å². The van der Waals surface area contributed by atoms with Crippen LogP contribution in [-0.2, 0) is 26.3 Å². The molecule has 0 aromatic heterocycles. The Bertz CT molecular complexity index is 625. The van der Waals surface area contributed by atoms with Gasteiger partial charge in [0.05, 0.1) is 13.0 Å². The average Bonchev–Trinajstić information content (AvgIpc) is 2.54. The van der Waals surface area contributed by atoms with Crippen molar-refractivity contribution in [2.45, 2.75) is 38.3 Å². The molecule has 0 saturated heterocycles. The molecule has 1 fully saturated rings. The predicted molar refractivity (Wildman–Crippen MR) is 83.1 cm³/mol. The number of halogens is 1. The summed E-state index contributed by atoms with van der Waals surface area (Å²) in [6.07, 6.45) is 2.41. The third-order valence-electron chi connectivity index (χ3n) is 3.96. The fraction of sp³-hybridized carbons (Fsp3) is 0.533. The van der Waals surface area contributed by atoms with Crippen LogP contribution in [0.3, 0.4) is 0 Å². The first-order valence-corrected chi connectivity index (χ1v) is 8.97. The molecule has 1 aliphatic rings. The Hall–Kier alpha value is -1.51. The Morgan fingerprint density at radius 1 is 1.22 bits per heavy atom. The Morgan fingerprint density at radius 2 is 1.83 bits per heavy atom. The standard InChI is InChI=1S/C15H21FN2O4S/c1-22-15(19)12-4-8-14(9-5-12)18-23(20,21)17-10-11-2-6-13(16)7-3-11/h2-3,6-7,12,14,17-18H,4-5,8-10H2,1H3. The van der Waals surface area contributed by atoms with Crippen molar-refractivity contribution >= 4 is 16.2 Å². The second-order valence-electron chi connectivity index (χ2n) is 5.64. The summed E-state index contributed by atoms with van der Waals surface area (Å²) >= 11 is 0. The van der Waals surface area contributed by atoms with Gasteiger partial charge in [-0.25, -0.2) is 4.39 Å². The van der Waals surface area contributed by atoms with Crippen molar-refractivity contribution in [2.24, 2.45) is 5.92 Å². The third-order valence-corrected chi connectivity index (χ3v) is 5.13. The van der Waals surface area contributed by atoms with Crippen LogP contribution in [0.2, 0.25) is 0 Å². The summed E-state index contributed by atoms with van der Waals surface area (Å²) in [6.45, 7) is 0.0904. The Morgan fingerprint density at radius 3 is 2.39 bits per heavy atom. The van der Waals surface area contributed by atoms with Gasteiger partial charge in [0.2, 0.25) is 0 Å². The molecule has 1 aromatic rings. The van der Waals surface area contributed by atoms with E-state index in [0.29, 0.717) is 31.2 Å². The second kappa shape index (κ2) is 7.85. The quantitative estimate of drug-likeness (QED) is 0.766. The summed E-state index contributed by atoms with van der Waals surface area (Å²) in [4.78, 5) is 11.4. The molecular weight excluding hydrogens is 323 g/mol. The molecule has 0 atom stereocenters. The molecule has 1 aromatic carbocycles. The van der Waals surface area contributed by atoms with E-state index >= 15 is 0 Å². The smallest absolute Gasteiger partial charge is 0.308 e. The van der Waals surface area contributed by atoms with Crippen LogP contribution in [0.4, 0.5) is 4.39 Å². The number of nitrogens with one attached hydrogen (secondary N) is 2. The Balaban J connectivity index is 1.80. The molecule has 2 N–H and O–H groups in total. The molecule has 0 aliphatic heterocycles. The highest BCUT2D eigenvalue weighted by molar-refractivity contribution is 7.87. The van der Waals surface area contributed by atoms with Crippen LogP contribution < -0.4 is 9.44 Å². The first-order chi connectivity index (χ1) is 10.9. The zero-order valence-electron chi connectivity index (χ0n) is 12.9. The van der Waals surface area contributed by atoms with Crippen molar-refractivity contribution in [3.05, 3.63) is 35.6 Å². The lowest BCUT2D eigenvalue weighted by molar-refractivity contribution is -0.146. The van der Waals surface area contributed by atoms with Gasteiger partial charge in [0.15, 0.2) is 0 Å². The van der Waals surface area contributed by atoms with Gasteiger partial charge in [-0.3, -0.25) is 4.79 Å². The number of carbonyl (C=O) groups excluding carboxylic acids is 1. The van der Waals surface area contributed by atoms with Crippen molar-refractivity contribution in [1.82, 2.24) is 9.44 Å². The van der Waals surface area contributed by atoms with Crippen molar-refractivity contribution in [3.8, 4) is 0 Å². The molecular formula is C15H21FN2O4S. The third kappa shape index (κ3) is 5.56. The predicted octanol–water partition coefficient (Wildman–Crippen LogP) is 1.48. The number of rotatable bonds is 6. The second-order valence-corrected chi connectivity index (χ2v) is 7.17. The Labute approximate surface area is 135 Å². The summed E-state index contributed by atoms with van der Waals surface area (Å²) in [7, 11) is -2.29. The lowest BCUT2D eigenvalue weighted by Gasteiger charge is -2.27. The first kappa shape index (κ1) is 17.8. The molecule has 0 radical (unpaired) electrons. The van der Waals surface area contributed by atoms with Gasteiger partial charge in [0, 0.05) is 12.6 Å². The minimum atomic E-state index is -3.64. The molecule has 23 heavy (non-hydrogen) atoms. The van der Waals surface area contributed by atoms with Crippen molar-refractivity contribution < 1.29 is 22.3 Å². The van der Waals surface area contributed by atoms with Crippen LogP contribution in [0, 0.1) is 11.7 Å². The number of esters is 1. The van der Waals surface area contributed by atoms with Crippen LogP contribution in [0.15, 0.2) is 24.3 Å². The van der Waals surface area contributed by atoms with E-state index in [4.69, 9.17) is 4.74 Å².